The summed E-state index contributed by atoms with van der Waals surface area (Å²) in [5, 5.41) is 6.16. The Labute approximate surface area is 203 Å². The van der Waals surface area contributed by atoms with Crippen molar-refractivity contribution in [2.45, 2.75) is 38.3 Å². The molecule has 0 radical (unpaired) electrons. The number of piperidine rings is 1. The molecule has 3 aromatic carbocycles. The molecule has 5 nitrogen and oxygen atoms in total. The lowest BCUT2D eigenvalue weighted by molar-refractivity contribution is 0.176. The van der Waals surface area contributed by atoms with Crippen LogP contribution in [0.15, 0.2) is 84.9 Å². The van der Waals surface area contributed by atoms with E-state index in [-0.39, 0.29) is 12.1 Å². The number of carbonyl (C=O) groups excluding carboxylic acids is 1. The Hall–Kier alpha value is -3.15. The van der Waals surface area contributed by atoms with Crippen LogP contribution in [-0.2, 0) is 13.0 Å². The predicted molar refractivity (Wildman–Crippen MR) is 140 cm³/mol. The lowest BCUT2D eigenvalue weighted by atomic mass is 9.90. The minimum Gasteiger partial charge on any atom is -0.331 e. The number of amides is 2. The van der Waals surface area contributed by atoms with E-state index < -0.39 is 0 Å². The van der Waals surface area contributed by atoms with Gasteiger partial charge in [-0.25, -0.2) is 4.79 Å². The molecule has 1 aliphatic rings. The van der Waals surface area contributed by atoms with Crippen LogP contribution in [0.5, 0.6) is 0 Å². The highest BCUT2D eigenvalue weighted by Gasteiger charge is 2.21. The fraction of sp³-hybridized carbons (Fsp3) is 0.345. The Kier molecular flexibility index (Phi) is 8.71. The number of nitrogens with one attached hydrogen (secondary N) is 2. The van der Waals surface area contributed by atoms with E-state index in [1.807, 2.05) is 42.5 Å². The highest BCUT2D eigenvalue weighted by atomic mass is 16.2. The van der Waals surface area contributed by atoms with Crippen LogP contribution < -0.4 is 16.4 Å². The molecule has 0 bridgehead atoms. The van der Waals surface area contributed by atoms with Gasteiger partial charge < -0.3 is 21.3 Å². The third-order valence-electron chi connectivity index (χ3n) is 6.74. The standard InChI is InChI=1S/C29H36N4O/c30-22-25-10-7-13-27(21-25)31-29(34)32-28(26-11-5-2-6-12-26)16-19-33-17-14-24(15-18-33)20-23-8-3-1-4-9-23/h1-13,21,24,28H,14-20,22,30H2,(H2,31,32,34). The van der Waals surface area contributed by atoms with E-state index in [0.29, 0.717) is 6.54 Å². The Morgan fingerprint density at radius 2 is 1.59 bits per heavy atom. The zero-order chi connectivity index (χ0) is 23.6. The zero-order valence-corrected chi connectivity index (χ0v) is 19.8. The summed E-state index contributed by atoms with van der Waals surface area (Å²) < 4.78 is 0. The molecule has 0 saturated carbocycles. The van der Waals surface area contributed by atoms with E-state index in [9.17, 15) is 4.79 Å². The van der Waals surface area contributed by atoms with Crippen molar-refractivity contribution < 1.29 is 4.79 Å². The Morgan fingerprint density at radius 3 is 2.29 bits per heavy atom. The van der Waals surface area contributed by atoms with Crippen molar-refractivity contribution in [1.82, 2.24) is 10.2 Å². The number of urea groups is 1. The van der Waals surface area contributed by atoms with Crippen LogP contribution in [0.1, 0.15) is 42.0 Å². The molecule has 1 heterocycles. The highest BCUT2D eigenvalue weighted by molar-refractivity contribution is 5.89. The van der Waals surface area contributed by atoms with Gasteiger partial charge in [0.15, 0.2) is 0 Å². The van der Waals surface area contributed by atoms with Gasteiger partial charge in [0.25, 0.3) is 0 Å². The molecule has 4 N–H and O–H groups in total. The molecule has 4 rings (SSSR count). The first-order chi connectivity index (χ1) is 16.7. The van der Waals surface area contributed by atoms with Crippen molar-refractivity contribution >= 4 is 11.7 Å². The highest BCUT2D eigenvalue weighted by Crippen LogP contribution is 2.24. The lowest BCUT2D eigenvalue weighted by Crippen LogP contribution is -2.38. The SMILES string of the molecule is NCc1cccc(NC(=O)NC(CCN2CCC(Cc3ccccc3)CC2)c2ccccc2)c1. The van der Waals surface area contributed by atoms with Crippen molar-refractivity contribution in [1.29, 1.82) is 0 Å². The summed E-state index contributed by atoms with van der Waals surface area (Å²) in [7, 11) is 0. The monoisotopic (exact) mass is 456 g/mol. The molecule has 1 unspecified atom stereocenters. The number of benzene rings is 3. The largest absolute Gasteiger partial charge is 0.331 e. The van der Waals surface area contributed by atoms with Crippen molar-refractivity contribution in [3.05, 3.63) is 102 Å². The Balaban J connectivity index is 1.30. The fourth-order valence-electron chi connectivity index (χ4n) is 4.78. The number of likely N-dealkylation sites (tertiary alicyclic amines) is 1. The van der Waals surface area contributed by atoms with Gasteiger partial charge in [-0.1, -0.05) is 72.8 Å². The molecule has 1 fully saturated rings. The van der Waals surface area contributed by atoms with Crippen molar-refractivity contribution in [3.63, 3.8) is 0 Å². The third kappa shape index (κ3) is 7.17. The lowest BCUT2D eigenvalue weighted by Gasteiger charge is -2.33. The molecule has 5 heteroatoms. The van der Waals surface area contributed by atoms with Gasteiger partial charge >= 0.3 is 6.03 Å². The molecule has 2 amide bonds. The van der Waals surface area contributed by atoms with Crippen molar-refractivity contribution in [3.8, 4) is 0 Å². The molecular formula is C29H36N4O. The summed E-state index contributed by atoms with van der Waals surface area (Å²) in [6, 6.07) is 28.5. The van der Waals surface area contributed by atoms with Gasteiger partial charge in [-0.2, -0.15) is 0 Å². The van der Waals surface area contributed by atoms with Gasteiger partial charge in [-0.05, 0) is 73.5 Å². The zero-order valence-electron chi connectivity index (χ0n) is 19.8. The maximum Gasteiger partial charge on any atom is 0.319 e. The summed E-state index contributed by atoms with van der Waals surface area (Å²) in [6.07, 6.45) is 4.52. The van der Waals surface area contributed by atoms with Gasteiger partial charge in [0.2, 0.25) is 0 Å². The maximum atomic E-state index is 12.8. The van der Waals surface area contributed by atoms with Crippen molar-refractivity contribution in [2.24, 2.45) is 11.7 Å². The normalized spacial score (nSPS) is 15.6. The first-order valence-electron chi connectivity index (χ1n) is 12.4. The third-order valence-corrected chi connectivity index (χ3v) is 6.74. The second-order valence-electron chi connectivity index (χ2n) is 9.23. The number of carbonyl (C=O) groups is 1. The number of rotatable bonds is 9. The summed E-state index contributed by atoms with van der Waals surface area (Å²) in [4.78, 5) is 15.3. The number of nitrogens with two attached hydrogens (primary N) is 1. The molecule has 3 aromatic rings. The summed E-state index contributed by atoms with van der Waals surface area (Å²) in [6.45, 7) is 3.67. The average Bonchev–Trinajstić information content (AvgIpc) is 2.88. The van der Waals surface area contributed by atoms with E-state index in [2.05, 4.69) is 58.0 Å². The van der Waals surface area contributed by atoms with E-state index >= 15 is 0 Å². The van der Waals surface area contributed by atoms with Gasteiger partial charge in [0.05, 0.1) is 6.04 Å². The quantitative estimate of drug-likeness (QED) is 0.406. The van der Waals surface area contributed by atoms with E-state index in [1.54, 1.807) is 0 Å². The second-order valence-corrected chi connectivity index (χ2v) is 9.23. The minimum atomic E-state index is -0.190. The first-order valence-corrected chi connectivity index (χ1v) is 12.4. The number of nitrogens with zero attached hydrogens (tertiary/aromatic N) is 1. The maximum absolute atomic E-state index is 12.8. The van der Waals surface area contributed by atoms with E-state index in [0.717, 1.165) is 48.8 Å². The molecule has 1 saturated heterocycles. The fourth-order valence-corrected chi connectivity index (χ4v) is 4.78. The van der Waals surface area contributed by atoms with Crippen LogP contribution in [0.4, 0.5) is 10.5 Å². The predicted octanol–water partition coefficient (Wildman–Crippen LogP) is 5.35. The van der Waals surface area contributed by atoms with Crippen LogP contribution in [-0.4, -0.2) is 30.6 Å². The van der Waals surface area contributed by atoms with E-state index in [4.69, 9.17) is 5.73 Å². The Morgan fingerprint density at radius 1 is 0.912 bits per heavy atom. The molecule has 34 heavy (non-hydrogen) atoms. The molecule has 0 spiro atoms. The van der Waals surface area contributed by atoms with Gasteiger partial charge in [0, 0.05) is 18.8 Å². The first kappa shape index (κ1) is 24.0. The molecule has 0 aromatic heterocycles. The average molecular weight is 457 g/mol. The molecule has 178 valence electrons. The Bertz CT molecular complexity index is 1020. The number of hydrogen-bond donors (Lipinski definition) is 3. The smallest absolute Gasteiger partial charge is 0.319 e. The topological polar surface area (TPSA) is 70.4 Å². The summed E-state index contributed by atoms with van der Waals surface area (Å²) in [5.41, 5.74) is 10.1. The molecular weight excluding hydrogens is 420 g/mol. The van der Waals surface area contributed by atoms with E-state index in [1.165, 1.54) is 24.8 Å². The minimum absolute atomic E-state index is 0.0408. The van der Waals surface area contributed by atoms with Crippen molar-refractivity contribution in [2.75, 3.05) is 25.0 Å². The molecule has 1 atom stereocenters. The molecule has 1 aliphatic heterocycles. The van der Waals surface area contributed by atoms with Gasteiger partial charge in [-0.3, -0.25) is 0 Å². The van der Waals surface area contributed by atoms with Crippen LogP contribution in [0.3, 0.4) is 0 Å². The summed E-state index contributed by atoms with van der Waals surface area (Å²) in [5.74, 6) is 0.761. The number of anilines is 1. The van der Waals surface area contributed by atoms with Crippen LogP contribution in [0, 0.1) is 5.92 Å². The number of hydrogen-bond acceptors (Lipinski definition) is 3. The van der Waals surface area contributed by atoms with Crippen LogP contribution in [0.2, 0.25) is 0 Å². The van der Waals surface area contributed by atoms with Gasteiger partial charge in [-0.15, -0.1) is 0 Å². The molecule has 0 aliphatic carbocycles. The second kappa shape index (κ2) is 12.4. The summed E-state index contributed by atoms with van der Waals surface area (Å²) >= 11 is 0. The van der Waals surface area contributed by atoms with Gasteiger partial charge in [0.1, 0.15) is 0 Å². The van der Waals surface area contributed by atoms with Crippen LogP contribution >= 0.6 is 0 Å². The van der Waals surface area contributed by atoms with Crippen LogP contribution in [0.25, 0.3) is 0 Å².